The fourth-order valence-electron chi connectivity index (χ4n) is 7.43. The van der Waals surface area contributed by atoms with E-state index in [1.807, 2.05) is 52.0 Å². The van der Waals surface area contributed by atoms with Gasteiger partial charge in [0.25, 0.3) is 5.91 Å². The summed E-state index contributed by atoms with van der Waals surface area (Å²) < 4.78 is 12.6. The Hall–Kier alpha value is -2.97. The van der Waals surface area contributed by atoms with Crippen LogP contribution in [0.15, 0.2) is 43.5 Å². The smallest absolute Gasteiger partial charge is 0.312 e. The van der Waals surface area contributed by atoms with Crippen molar-refractivity contribution in [2.45, 2.75) is 89.9 Å². The van der Waals surface area contributed by atoms with Crippen molar-refractivity contribution in [3.05, 3.63) is 54.6 Å². The molecule has 2 amide bonds. The Labute approximate surface area is 250 Å². The number of unbranched alkanes of at least 4 members (excludes halogenated alkanes) is 4. The van der Waals surface area contributed by atoms with E-state index in [0.29, 0.717) is 32.2 Å². The van der Waals surface area contributed by atoms with Gasteiger partial charge in [-0.15, -0.1) is 13.2 Å². The third-order valence-corrected chi connectivity index (χ3v) is 9.64. The van der Waals surface area contributed by atoms with Gasteiger partial charge < -0.3 is 24.4 Å². The number of aliphatic hydroxyl groups excluding tert-OH is 1. The first kappa shape index (κ1) is 32.0. The second-order valence-electron chi connectivity index (χ2n) is 12.5. The molecule has 0 saturated carbocycles. The molecule has 0 aromatic heterocycles. The maximum absolute atomic E-state index is 14.8. The maximum Gasteiger partial charge on any atom is 0.312 e. The number of aryl methyl sites for hydroxylation is 2. The van der Waals surface area contributed by atoms with Crippen LogP contribution in [0.4, 0.5) is 5.69 Å². The molecule has 2 bridgehead atoms. The minimum atomic E-state index is -1.14. The van der Waals surface area contributed by atoms with Crippen molar-refractivity contribution in [3.8, 4) is 0 Å². The van der Waals surface area contributed by atoms with Gasteiger partial charge in [-0.3, -0.25) is 14.4 Å². The molecule has 8 heteroatoms. The van der Waals surface area contributed by atoms with Gasteiger partial charge in [-0.05, 0) is 88.8 Å². The van der Waals surface area contributed by atoms with E-state index in [0.717, 1.165) is 36.1 Å². The molecule has 1 spiro atoms. The van der Waals surface area contributed by atoms with E-state index in [2.05, 4.69) is 13.2 Å². The molecular formula is C34H48N2O6. The van der Waals surface area contributed by atoms with E-state index in [4.69, 9.17) is 9.47 Å². The summed E-state index contributed by atoms with van der Waals surface area (Å²) in [4.78, 5) is 46.2. The number of fused-ring (bicyclic) bond motifs is 1. The molecule has 230 valence electrons. The Morgan fingerprint density at radius 3 is 2.62 bits per heavy atom. The lowest BCUT2D eigenvalue weighted by molar-refractivity contribution is -0.161. The number of hydrogen-bond donors (Lipinski definition) is 1. The minimum absolute atomic E-state index is 0.0573. The molecule has 3 fully saturated rings. The van der Waals surface area contributed by atoms with Gasteiger partial charge in [-0.1, -0.05) is 31.2 Å². The number of aliphatic hydroxyl groups is 1. The molecule has 8 nitrogen and oxygen atoms in total. The van der Waals surface area contributed by atoms with E-state index in [9.17, 15) is 19.5 Å². The van der Waals surface area contributed by atoms with Crippen molar-refractivity contribution in [2.75, 3.05) is 31.2 Å². The SMILES string of the molecule is C=CCCCCOC(=O)[C@H]1[C@H]2C(=O)N(CCCCCO)C(C(=O)N(CC=C)c3cc(C)ccc3C)C23CC(C)[C@]1(C)O3. The number of amides is 2. The average molecular weight is 581 g/mol. The predicted molar refractivity (Wildman–Crippen MR) is 163 cm³/mol. The molecule has 3 saturated heterocycles. The first-order chi connectivity index (χ1) is 20.1. The van der Waals surface area contributed by atoms with Crippen LogP contribution in [0.2, 0.25) is 0 Å². The maximum atomic E-state index is 14.8. The fraction of sp³-hybridized carbons (Fsp3) is 0.618. The number of allylic oxidation sites excluding steroid dienone is 1. The Morgan fingerprint density at radius 1 is 1.17 bits per heavy atom. The zero-order chi connectivity index (χ0) is 30.7. The second kappa shape index (κ2) is 13.1. The lowest BCUT2D eigenvalue weighted by Gasteiger charge is -2.37. The van der Waals surface area contributed by atoms with E-state index in [-0.39, 0.29) is 37.5 Å². The summed E-state index contributed by atoms with van der Waals surface area (Å²) in [5, 5.41) is 9.32. The van der Waals surface area contributed by atoms with Crippen LogP contribution in [0.1, 0.15) is 69.9 Å². The molecule has 1 N–H and O–H groups in total. The van der Waals surface area contributed by atoms with Crippen molar-refractivity contribution >= 4 is 23.5 Å². The second-order valence-corrected chi connectivity index (χ2v) is 12.5. The van der Waals surface area contributed by atoms with Crippen molar-refractivity contribution in [1.29, 1.82) is 0 Å². The topological polar surface area (TPSA) is 96.4 Å². The normalized spacial score (nSPS) is 29.5. The van der Waals surface area contributed by atoms with Crippen molar-refractivity contribution in [2.24, 2.45) is 17.8 Å². The van der Waals surface area contributed by atoms with Gasteiger partial charge in [-0.2, -0.15) is 0 Å². The summed E-state index contributed by atoms with van der Waals surface area (Å²) in [6.45, 7) is 16.5. The van der Waals surface area contributed by atoms with Crippen LogP contribution < -0.4 is 4.90 Å². The van der Waals surface area contributed by atoms with Gasteiger partial charge in [0.2, 0.25) is 5.91 Å². The van der Waals surface area contributed by atoms with Gasteiger partial charge in [0.1, 0.15) is 17.6 Å². The first-order valence-corrected chi connectivity index (χ1v) is 15.5. The predicted octanol–water partition coefficient (Wildman–Crippen LogP) is 4.90. The quantitative estimate of drug-likeness (QED) is 0.180. The number of hydrogen-bond acceptors (Lipinski definition) is 6. The molecule has 3 unspecified atom stereocenters. The average Bonchev–Trinajstić information content (AvgIpc) is 3.47. The van der Waals surface area contributed by atoms with Crippen LogP contribution in [0, 0.1) is 31.6 Å². The summed E-state index contributed by atoms with van der Waals surface area (Å²) in [6.07, 6.45) is 8.44. The lowest BCUT2D eigenvalue weighted by Crippen LogP contribution is -2.57. The number of esters is 1. The summed E-state index contributed by atoms with van der Waals surface area (Å²) in [5.74, 6) is -2.51. The number of likely N-dealkylation sites (tertiary alicyclic amines) is 1. The largest absolute Gasteiger partial charge is 0.465 e. The number of nitrogens with zero attached hydrogens (tertiary/aromatic N) is 2. The van der Waals surface area contributed by atoms with Gasteiger partial charge in [-0.25, -0.2) is 0 Å². The zero-order valence-electron chi connectivity index (χ0n) is 25.8. The molecular weight excluding hydrogens is 532 g/mol. The van der Waals surface area contributed by atoms with Crippen LogP contribution in [0.5, 0.6) is 0 Å². The highest BCUT2D eigenvalue weighted by Crippen LogP contribution is 2.65. The van der Waals surface area contributed by atoms with Crippen molar-refractivity contribution < 1.29 is 29.0 Å². The Kier molecular flexibility index (Phi) is 9.99. The third-order valence-electron chi connectivity index (χ3n) is 9.64. The molecule has 6 atom stereocenters. The molecule has 3 aliphatic rings. The highest BCUT2D eigenvalue weighted by Gasteiger charge is 2.80. The molecule has 1 aromatic carbocycles. The van der Waals surface area contributed by atoms with Crippen molar-refractivity contribution in [1.82, 2.24) is 4.90 Å². The van der Waals surface area contributed by atoms with Crippen LogP contribution in [0.3, 0.4) is 0 Å². The summed E-state index contributed by atoms with van der Waals surface area (Å²) >= 11 is 0. The number of rotatable bonds is 15. The number of ether oxygens (including phenoxy) is 2. The number of benzene rings is 1. The highest BCUT2D eigenvalue weighted by molar-refractivity contribution is 6.05. The molecule has 3 heterocycles. The molecule has 1 aromatic rings. The number of anilines is 1. The standard InChI is InChI=1S/C34H48N2O6/c1-7-9-10-14-20-41-32(40)28-27-30(38)36(18-12-11-13-19-37)29(34(27)22-25(5)33(28,6)42-34)31(39)35(17-8-2)26-21-23(3)15-16-24(26)4/h7-8,15-16,21,25,27-29,37H,1-2,9-14,17-20,22H2,3-6H3/t25?,27-,28+,29?,33-,34?/m0/s1. The van der Waals surface area contributed by atoms with Crippen LogP contribution in [-0.2, 0) is 23.9 Å². The Balaban J connectivity index is 1.74. The molecule has 0 aliphatic carbocycles. The van der Waals surface area contributed by atoms with Gasteiger partial charge in [0.15, 0.2) is 0 Å². The van der Waals surface area contributed by atoms with Crippen LogP contribution in [0.25, 0.3) is 0 Å². The monoisotopic (exact) mass is 580 g/mol. The molecule has 0 radical (unpaired) electrons. The zero-order valence-corrected chi connectivity index (χ0v) is 25.8. The van der Waals surface area contributed by atoms with Gasteiger partial charge in [0, 0.05) is 25.4 Å². The summed E-state index contributed by atoms with van der Waals surface area (Å²) in [7, 11) is 0. The van der Waals surface area contributed by atoms with Crippen LogP contribution in [-0.4, -0.2) is 71.3 Å². The van der Waals surface area contributed by atoms with Crippen molar-refractivity contribution in [3.63, 3.8) is 0 Å². The van der Waals surface area contributed by atoms with Gasteiger partial charge >= 0.3 is 5.97 Å². The first-order valence-electron chi connectivity index (χ1n) is 15.5. The number of carbonyl (C=O) groups is 3. The van der Waals surface area contributed by atoms with Crippen LogP contribution >= 0.6 is 0 Å². The fourth-order valence-corrected chi connectivity index (χ4v) is 7.43. The number of carbonyl (C=O) groups excluding carboxylic acids is 3. The van der Waals surface area contributed by atoms with E-state index < -0.39 is 35.0 Å². The lowest BCUT2D eigenvalue weighted by atomic mass is 9.62. The van der Waals surface area contributed by atoms with E-state index in [1.165, 1.54) is 0 Å². The van der Waals surface area contributed by atoms with Gasteiger partial charge in [0.05, 0.1) is 18.1 Å². The van der Waals surface area contributed by atoms with E-state index in [1.54, 1.807) is 15.9 Å². The summed E-state index contributed by atoms with van der Waals surface area (Å²) in [6, 6.07) is 5.09. The molecule has 4 rings (SSSR count). The molecule has 42 heavy (non-hydrogen) atoms. The van der Waals surface area contributed by atoms with E-state index >= 15 is 0 Å². The Bertz CT molecular complexity index is 1200. The third kappa shape index (κ3) is 5.55. The minimum Gasteiger partial charge on any atom is -0.465 e. The Morgan fingerprint density at radius 2 is 1.93 bits per heavy atom. The summed E-state index contributed by atoms with van der Waals surface area (Å²) in [5.41, 5.74) is 0.686. The highest BCUT2D eigenvalue weighted by atomic mass is 16.6. The molecule has 3 aliphatic heterocycles.